The molecule has 4 heteroatoms. The largest absolute Gasteiger partial charge is 0.157 e. The summed E-state index contributed by atoms with van der Waals surface area (Å²) in [4.78, 5) is 1.30. The summed E-state index contributed by atoms with van der Waals surface area (Å²) in [6, 6.07) is 0. The fourth-order valence-electron chi connectivity index (χ4n) is 0.716. The molecule has 0 radical (unpaired) electrons. The smallest absolute Gasteiger partial charge is 0.0768 e. The summed E-state index contributed by atoms with van der Waals surface area (Å²) in [5.74, 6) is 0. The Morgan fingerprint density at radius 3 is 2.70 bits per heavy atom. The standard InChI is InChI=1S/C6H10N2S2/c1-4-6(5(2)9-3)10-8-7-4/h5H,1-3H3. The molecule has 0 aliphatic heterocycles. The Bertz CT molecular complexity index is 209. The Kier molecular flexibility index (Phi) is 2.68. The van der Waals surface area contributed by atoms with E-state index in [1.165, 1.54) is 16.4 Å². The SMILES string of the molecule is CSC(C)c1snnc1C. The molecule has 1 aromatic rings. The van der Waals surface area contributed by atoms with E-state index in [1.807, 2.05) is 18.7 Å². The summed E-state index contributed by atoms with van der Waals surface area (Å²) in [5, 5.41) is 4.48. The molecule has 0 fully saturated rings. The van der Waals surface area contributed by atoms with Crippen LogP contribution in [-0.4, -0.2) is 15.8 Å². The van der Waals surface area contributed by atoms with Gasteiger partial charge in [0.25, 0.3) is 0 Å². The molecule has 0 aliphatic carbocycles. The zero-order valence-corrected chi connectivity index (χ0v) is 7.92. The van der Waals surface area contributed by atoms with Gasteiger partial charge in [-0.2, -0.15) is 11.8 Å². The number of aromatic nitrogens is 2. The minimum atomic E-state index is 0.542. The van der Waals surface area contributed by atoms with Gasteiger partial charge in [-0.25, -0.2) is 0 Å². The van der Waals surface area contributed by atoms with Gasteiger partial charge in [-0.1, -0.05) is 4.49 Å². The number of rotatable bonds is 2. The van der Waals surface area contributed by atoms with E-state index in [4.69, 9.17) is 0 Å². The topological polar surface area (TPSA) is 25.8 Å². The number of nitrogens with zero attached hydrogens (tertiary/aromatic N) is 2. The summed E-state index contributed by atoms with van der Waals surface area (Å²) >= 11 is 3.33. The Labute approximate surface area is 69.2 Å². The van der Waals surface area contributed by atoms with Crippen LogP contribution < -0.4 is 0 Å². The Morgan fingerprint density at radius 2 is 2.30 bits per heavy atom. The summed E-state index contributed by atoms with van der Waals surface area (Å²) in [6.45, 7) is 4.18. The number of hydrogen-bond acceptors (Lipinski definition) is 4. The molecule has 0 aromatic carbocycles. The molecule has 2 nitrogen and oxygen atoms in total. The van der Waals surface area contributed by atoms with Crippen LogP contribution in [0.3, 0.4) is 0 Å². The first-order valence-corrected chi connectivity index (χ1v) is 5.13. The van der Waals surface area contributed by atoms with Crippen molar-refractivity contribution in [2.75, 3.05) is 6.26 Å². The van der Waals surface area contributed by atoms with Crippen molar-refractivity contribution in [1.82, 2.24) is 9.59 Å². The maximum Gasteiger partial charge on any atom is 0.0768 e. The van der Waals surface area contributed by atoms with Crippen LogP contribution in [0.25, 0.3) is 0 Å². The van der Waals surface area contributed by atoms with Crippen molar-refractivity contribution in [3.63, 3.8) is 0 Å². The van der Waals surface area contributed by atoms with Gasteiger partial charge in [0, 0.05) is 5.25 Å². The second-order valence-electron chi connectivity index (χ2n) is 2.10. The first-order valence-electron chi connectivity index (χ1n) is 3.07. The average Bonchev–Trinajstić information content (AvgIpc) is 2.34. The lowest BCUT2D eigenvalue weighted by Gasteiger charge is -2.02. The van der Waals surface area contributed by atoms with Crippen LogP contribution in [0.15, 0.2) is 0 Å². The van der Waals surface area contributed by atoms with E-state index in [0.29, 0.717) is 5.25 Å². The molecule has 1 atom stereocenters. The van der Waals surface area contributed by atoms with E-state index in [-0.39, 0.29) is 0 Å². The molecule has 0 aliphatic rings. The second-order valence-corrected chi connectivity index (χ2v) is 4.06. The van der Waals surface area contributed by atoms with Crippen molar-refractivity contribution < 1.29 is 0 Å². The zero-order chi connectivity index (χ0) is 7.56. The predicted octanol–water partition coefficient (Wildman–Crippen LogP) is 2.27. The van der Waals surface area contributed by atoms with Crippen molar-refractivity contribution in [2.24, 2.45) is 0 Å². The second kappa shape index (κ2) is 3.34. The maximum absolute atomic E-state index is 3.94. The van der Waals surface area contributed by atoms with E-state index in [1.54, 1.807) is 0 Å². The van der Waals surface area contributed by atoms with E-state index in [0.717, 1.165) is 5.69 Å². The highest BCUT2D eigenvalue weighted by Gasteiger charge is 2.09. The molecule has 0 amide bonds. The van der Waals surface area contributed by atoms with Gasteiger partial charge in [0.2, 0.25) is 0 Å². The third kappa shape index (κ3) is 1.49. The van der Waals surface area contributed by atoms with Gasteiger partial charge in [-0.05, 0) is 31.6 Å². The summed E-state index contributed by atoms with van der Waals surface area (Å²) in [6.07, 6.45) is 2.10. The molecule has 56 valence electrons. The third-order valence-electron chi connectivity index (χ3n) is 1.41. The van der Waals surface area contributed by atoms with Crippen molar-refractivity contribution in [3.8, 4) is 0 Å². The van der Waals surface area contributed by atoms with Gasteiger partial charge >= 0.3 is 0 Å². The molecular weight excluding hydrogens is 164 g/mol. The van der Waals surface area contributed by atoms with Crippen LogP contribution in [0.5, 0.6) is 0 Å². The summed E-state index contributed by atoms with van der Waals surface area (Å²) < 4.78 is 3.87. The normalized spacial score (nSPS) is 13.5. The molecule has 0 N–H and O–H groups in total. The first kappa shape index (κ1) is 8.01. The van der Waals surface area contributed by atoms with Crippen LogP contribution >= 0.6 is 23.3 Å². The third-order valence-corrected chi connectivity index (χ3v) is 3.51. The maximum atomic E-state index is 3.94. The minimum absolute atomic E-state index is 0.542. The monoisotopic (exact) mass is 174 g/mol. The molecule has 1 rings (SSSR count). The van der Waals surface area contributed by atoms with Crippen LogP contribution in [0.2, 0.25) is 0 Å². The Balaban J connectivity index is 2.82. The zero-order valence-electron chi connectivity index (χ0n) is 6.29. The van der Waals surface area contributed by atoms with Crippen molar-refractivity contribution in [1.29, 1.82) is 0 Å². The van der Waals surface area contributed by atoms with Crippen molar-refractivity contribution in [3.05, 3.63) is 10.6 Å². The molecule has 1 heterocycles. The molecule has 0 saturated carbocycles. The average molecular weight is 174 g/mol. The van der Waals surface area contributed by atoms with E-state index < -0.39 is 0 Å². The first-order chi connectivity index (χ1) is 4.75. The predicted molar refractivity (Wildman–Crippen MR) is 46.6 cm³/mol. The van der Waals surface area contributed by atoms with Gasteiger partial charge < -0.3 is 0 Å². The molecule has 10 heavy (non-hydrogen) atoms. The van der Waals surface area contributed by atoms with E-state index in [9.17, 15) is 0 Å². The quantitative estimate of drug-likeness (QED) is 0.688. The highest BCUT2D eigenvalue weighted by Crippen LogP contribution is 2.29. The fraction of sp³-hybridized carbons (Fsp3) is 0.667. The lowest BCUT2D eigenvalue weighted by atomic mass is 10.3. The van der Waals surface area contributed by atoms with Crippen LogP contribution in [0, 0.1) is 6.92 Å². The number of thioether (sulfide) groups is 1. The number of aryl methyl sites for hydroxylation is 1. The van der Waals surface area contributed by atoms with Crippen molar-refractivity contribution >= 4 is 23.3 Å². The van der Waals surface area contributed by atoms with Gasteiger partial charge in [-0.15, -0.1) is 5.10 Å². The van der Waals surface area contributed by atoms with Crippen molar-refractivity contribution in [2.45, 2.75) is 19.1 Å². The molecular formula is C6H10N2S2. The Morgan fingerprint density at radius 1 is 1.60 bits per heavy atom. The van der Waals surface area contributed by atoms with Gasteiger partial charge in [-0.3, -0.25) is 0 Å². The highest BCUT2D eigenvalue weighted by atomic mass is 32.2. The molecule has 1 unspecified atom stereocenters. The highest BCUT2D eigenvalue weighted by molar-refractivity contribution is 7.98. The van der Waals surface area contributed by atoms with Gasteiger partial charge in [0.05, 0.1) is 10.6 Å². The van der Waals surface area contributed by atoms with E-state index in [2.05, 4.69) is 22.8 Å². The summed E-state index contributed by atoms with van der Waals surface area (Å²) in [5.41, 5.74) is 1.08. The molecule has 1 aromatic heterocycles. The van der Waals surface area contributed by atoms with Crippen LogP contribution in [-0.2, 0) is 0 Å². The van der Waals surface area contributed by atoms with Gasteiger partial charge in [0.15, 0.2) is 0 Å². The molecule has 0 saturated heterocycles. The van der Waals surface area contributed by atoms with E-state index >= 15 is 0 Å². The lowest BCUT2D eigenvalue weighted by Crippen LogP contribution is -1.85. The Hall–Kier alpha value is -0.0900. The molecule has 0 spiro atoms. The lowest BCUT2D eigenvalue weighted by molar-refractivity contribution is 1.04. The molecule has 0 bridgehead atoms. The van der Waals surface area contributed by atoms with Crippen LogP contribution in [0.4, 0.5) is 0 Å². The van der Waals surface area contributed by atoms with Gasteiger partial charge in [0.1, 0.15) is 0 Å². The summed E-state index contributed by atoms with van der Waals surface area (Å²) in [7, 11) is 0. The minimum Gasteiger partial charge on any atom is -0.157 e. The van der Waals surface area contributed by atoms with Crippen LogP contribution in [0.1, 0.15) is 22.7 Å². The fourth-order valence-corrected chi connectivity index (χ4v) is 2.09. The number of hydrogen-bond donors (Lipinski definition) is 0.